The van der Waals surface area contributed by atoms with Crippen molar-refractivity contribution in [2.75, 3.05) is 44.3 Å². The molecule has 0 radical (unpaired) electrons. The van der Waals surface area contributed by atoms with Crippen LogP contribution in [0.5, 0.6) is 0 Å². The van der Waals surface area contributed by atoms with Gasteiger partial charge in [0.05, 0.1) is 43.2 Å². The van der Waals surface area contributed by atoms with Gasteiger partial charge in [0.25, 0.3) is 0 Å². The Balaban J connectivity index is 2.30. The summed E-state index contributed by atoms with van der Waals surface area (Å²) < 4.78 is 35.1. The normalized spacial score (nSPS) is 21.3. The van der Waals surface area contributed by atoms with Crippen molar-refractivity contribution in [2.45, 2.75) is 143 Å². The molecular weight excluding hydrogens is 746 g/mol. The van der Waals surface area contributed by atoms with E-state index in [4.69, 9.17) is 16.0 Å². The molecule has 0 spiro atoms. The Bertz CT molecular complexity index is 1310. The van der Waals surface area contributed by atoms with Crippen LogP contribution < -0.4 is 32.7 Å². The molecule has 0 bridgehead atoms. The molecule has 2 aliphatic carbocycles. The van der Waals surface area contributed by atoms with E-state index in [2.05, 4.69) is 21.3 Å². The van der Waals surface area contributed by atoms with E-state index >= 15 is 0 Å². The van der Waals surface area contributed by atoms with Gasteiger partial charge in [0.2, 0.25) is 38.4 Å². The van der Waals surface area contributed by atoms with Gasteiger partial charge in [-0.3, -0.25) is 28.3 Å². The quantitative estimate of drug-likeness (QED) is 0.0656. The lowest BCUT2D eigenvalue weighted by atomic mass is 9.91. The van der Waals surface area contributed by atoms with Crippen molar-refractivity contribution < 1.29 is 42.8 Å². The van der Waals surface area contributed by atoms with Crippen LogP contribution in [-0.2, 0) is 32.8 Å². The molecule has 8 atom stereocenters. The number of carbonyl (C=O) groups is 4. The van der Waals surface area contributed by atoms with Crippen LogP contribution in [0, 0.1) is 29.6 Å². The predicted octanol–water partition coefficient (Wildman–Crippen LogP) is 3.29. The van der Waals surface area contributed by atoms with Gasteiger partial charge in [-0.25, -0.2) is 0 Å². The highest BCUT2D eigenvalue weighted by Crippen LogP contribution is 2.54. The molecule has 320 valence electrons. The van der Waals surface area contributed by atoms with Crippen LogP contribution in [0.3, 0.4) is 0 Å². The minimum absolute atomic E-state index is 0.0512. The first-order valence-corrected chi connectivity index (χ1v) is 24.7. The number of amides is 4. The van der Waals surface area contributed by atoms with Gasteiger partial charge < -0.3 is 47.3 Å². The Kier molecular flexibility index (Phi) is 21.6. The highest BCUT2D eigenvalue weighted by molar-refractivity contribution is 7.59. The summed E-state index contributed by atoms with van der Waals surface area (Å²) >= 11 is 0. The number of aliphatic hydroxyl groups is 1. The van der Waals surface area contributed by atoms with Gasteiger partial charge in [0, 0.05) is 25.4 Å². The molecule has 55 heavy (non-hydrogen) atoms. The van der Waals surface area contributed by atoms with Crippen molar-refractivity contribution in [1.82, 2.24) is 21.3 Å². The maximum absolute atomic E-state index is 14.9. The smallest absolute Gasteiger partial charge is 0.242 e. The maximum atomic E-state index is 14.9. The number of hydrogen-bond acceptors (Lipinski definition) is 10. The Morgan fingerprint density at radius 1 is 0.727 bits per heavy atom. The van der Waals surface area contributed by atoms with Crippen LogP contribution in [0.15, 0.2) is 0 Å². The number of carbonyl (C=O) groups excluding carboxylic acids is 4. The minimum atomic E-state index is -3.84. The number of hydrogen-bond donors (Lipinski definition) is 8. The zero-order valence-corrected chi connectivity index (χ0v) is 36.1. The Hall–Kier alpha value is -1.86. The molecular formula is C38H74N6O9P2. The molecule has 0 heterocycles. The van der Waals surface area contributed by atoms with Crippen LogP contribution >= 0.6 is 14.7 Å². The van der Waals surface area contributed by atoms with E-state index in [1.54, 1.807) is 13.8 Å². The molecule has 10 N–H and O–H groups in total. The topological polar surface area (TPSA) is 252 Å². The lowest BCUT2D eigenvalue weighted by Crippen LogP contribution is -2.56. The molecule has 0 aliphatic heterocycles. The summed E-state index contributed by atoms with van der Waals surface area (Å²) in [5, 5.41) is 21.7. The monoisotopic (exact) mass is 820 g/mol. The average molecular weight is 821 g/mol. The Labute approximate surface area is 329 Å². The van der Waals surface area contributed by atoms with Gasteiger partial charge in [-0.2, -0.15) is 0 Å². The van der Waals surface area contributed by atoms with Gasteiger partial charge in [0.1, 0.15) is 6.04 Å². The largest absolute Gasteiger partial charge is 0.391 e. The number of nitrogens with one attached hydrogen (secondary N) is 4. The zero-order chi connectivity index (χ0) is 41.3. The summed E-state index contributed by atoms with van der Waals surface area (Å²) in [6.07, 6.45) is 7.15. The first-order chi connectivity index (χ1) is 25.8. The van der Waals surface area contributed by atoms with E-state index in [-0.39, 0.29) is 73.9 Å². The van der Waals surface area contributed by atoms with Crippen molar-refractivity contribution in [3.05, 3.63) is 0 Å². The lowest BCUT2D eigenvalue weighted by Gasteiger charge is -2.33. The fourth-order valence-corrected chi connectivity index (χ4v) is 12.6. The maximum Gasteiger partial charge on any atom is 0.242 e. The van der Waals surface area contributed by atoms with Gasteiger partial charge in [-0.15, -0.1) is 0 Å². The molecule has 0 aromatic carbocycles. The van der Waals surface area contributed by atoms with E-state index in [0.29, 0.717) is 6.42 Å². The molecule has 2 aliphatic rings. The second-order valence-electron chi connectivity index (χ2n) is 17.0. The molecule has 0 aromatic heterocycles. The average Bonchev–Trinajstić information content (AvgIpc) is 3.13. The van der Waals surface area contributed by atoms with E-state index in [0.717, 1.165) is 64.2 Å². The first kappa shape index (κ1) is 49.3. The molecule has 4 amide bonds. The van der Waals surface area contributed by atoms with Crippen LogP contribution in [0.2, 0.25) is 0 Å². The van der Waals surface area contributed by atoms with E-state index in [9.17, 15) is 38.3 Å². The number of nitrogens with two attached hydrogens (primary N) is 2. The van der Waals surface area contributed by atoms with Gasteiger partial charge in [-0.05, 0) is 55.3 Å². The number of aliphatic hydroxyl groups excluding tert-OH is 1. The molecule has 0 aromatic rings. The molecule has 2 rings (SSSR count). The summed E-state index contributed by atoms with van der Waals surface area (Å²) in [4.78, 5) is 62.7. The predicted molar refractivity (Wildman–Crippen MR) is 217 cm³/mol. The SMILES string of the molecule is CCC(C)[C@@H](NC(=O)[C@@H](N)C(C)C)C(=O)NC[C@H](CP(=O)(O)CC1CCCCC1)OP(=O)(CC1CCCCC1)C[C@H](O)CNC(=O)CNC(=O)[C@@H](N)C(C)C. The van der Waals surface area contributed by atoms with Crippen molar-refractivity contribution in [2.24, 2.45) is 41.1 Å². The van der Waals surface area contributed by atoms with Crippen LogP contribution in [0.25, 0.3) is 0 Å². The minimum Gasteiger partial charge on any atom is -0.391 e. The highest BCUT2D eigenvalue weighted by atomic mass is 31.2. The Morgan fingerprint density at radius 2 is 1.25 bits per heavy atom. The Morgan fingerprint density at radius 3 is 1.78 bits per heavy atom. The first-order valence-electron chi connectivity index (χ1n) is 20.6. The summed E-state index contributed by atoms with van der Waals surface area (Å²) in [5.41, 5.74) is 11.9. The lowest BCUT2D eigenvalue weighted by molar-refractivity contribution is -0.131. The van der Waals surface area contributed by atoms with Gasteiger partial charge in [-0.1, -0.05) is 86.5 Å². The summed E-state index contributed by atoms with van der Waals surface area (Å²) in [5.74, 6) is -2.42. The van der Waals surface area contributed by atoms with Gasteiger partial charge in [0.15, 0.2) is 0 Å². The summed E-state index contributed by atoms with van der Waals surface area (Å²) in [6, 6.07) is -2.53. The van der Waals surface area contributed by atoms with Crippen molar-refractivity contribution in [3.8, 4) is 0 Å². The van der Waals surface area contributed by atoms with Crippen LogP contribution in [0.4, 0.5) is 0 Å². The van der Waals surface area contributed by atoms with E-state index in [1.807, 2.05) is 27.7 Å². The molecule has 2 fully saturated rings. The fraction of sp³-hybridized carbons (Fsp3) is 0.895. The second-order valence-corrected chi connectivity index (χ2v) is 22.0. The summed E-state index contributed by atoms with van der Waals surface area (Å²) in [7, 11) is -7.59. The third-order valence-corrected chi connectivity index (χ3v) is 15.9. The fourth-order valence-electron chi connectivity index (χ4n) is 7.34. The van der Waals surface area contributed by atoms with E-state index in [1.165, 1.54) is 0 Å². The highest BCUT2D eigenvalue weighted by Gasteiger charge is 2.38. The van der Waals surface area contributed by atoms with Crippen LogP contribution in [-0.4, -0.2) is 108 Å². The molecule has 2 saturated carbocycles. The zero-order valence-electron chi connectivity index (χ0n) is 34.3. The second kappa shape index (κ2) is 24.2. The molecule has 15 nitrogen and oxygen atoms in total. The third kappa shape index (κ3) is 18.5. The van der Waals surface area contributed by atoms with E-state index < -0.39 is 68.7 Å². The summed E-state index contributed by atoms with van der Waals surface area (Å²) in [6.45, 7) is 10.1. The molecule has 17 heteroatoms. The van der Waals surface area contributed by atoms with Gasteiger partial charge >= 0.3 is 0 Å². The molecule has 0 saturated heterocycles. The molecule has 3 unspecified atom stereocenters. The van der Waals surface area contributed by atoms with Crippen molar-refractivity contribution >= 4 is 38.4 Å². The number of rotatable bonds is 24. The van der Waals surface area contributed by atoms with Crippen molar-refractivity contribution in [1.29, 1.82) is 0 Å². The van der Waals surface area contributed by atoms with Crippen molar-refractivity contribution in [3.63, 3.8) is 0 Å². The third-order valence-electron chi connectivity index (χ3n) is 11.1. The van der Waals surface area contributed by atoms with Crippen LogP contribution in [0.1, 0.15) is 112 Å². The standard InChI is InChI=1S/C38H74N6O9P2/c1-7-27(6)35(44-37(48)34(40)26(4)5)38(49)42-19-31(24-54(50,51)21-28-14-10-8-11-15-28)53-55(52,22-29-16-12-9-13-17-29)23-30(45)18-41-32(46)20-43-36(47)33(39)25(2)3/h25-31,33-35,45H,7-24,39-40H2,1-6H3,(H,41,46)(H,42,49)(H,43,47)(H,44,48)(H,50,51)/t27?,30-,31-,33+,34+,35-,55?/m1/s1.